The second-order valence-electron chi connectivity index (χ2n) is 6.97. The van der Waals surface area contributed by atoms with Gasteiger partial charge >= 0.3 is 0 Å². The minimum atomic E-state index is -3.98. The Balaban J connectivity index is 2.07. The van der Waals surface area contributed by atoms with Gasteiger partial charge in [-0.05, 0) is 35.2 Å². The number of carbonyl (C=O) groups is 1. The molecule has 0 fully saturated rings. The van der Waals surface area contributed by atoms with Crippen LogP contribution in [0.2, 0.25) is 0 Å². The van der Waals surface area contributed by atoms with Crippen molar-refractivity contribution in [3.05, 3.63) is 53.8 Å². The summed E-state index contributed by atoms with van der Waals surface area (Å²) in [6.45, 7) is 5.71. The third kappa shape index (κ3) is 3.11. The normalized spacial score (nSPS) is 14.9. The highest BCUT2D eigenvalue weighted by molar-refractivity contribution is 7.92. The van der Waals surface area contributed by atoms with Crippen LogP contribution in [0.15, 0.2) is 47.4 Å². The lowest BCUT2D eigenvalue weighted by Gasteiger charge is -2.30. The first-order valence-corrected chi connectivity index (χ1v) is 9.26. The van der Waals surface area contributed by atoms with Crippen molar-refractivity contribution in [2.24, 2.45) is 0 Å². The van der Waals surface area contributed by atoms with Gasteiger partial charge in [0, 0.05) is 0 Å². The zero-order valence-corrected chi connectivity index (χ0v) is 15.0. The fourth-order valence-corrected chi connectivity index (χ4v) is 4.14. The summed E-state index contributed by atoms with van der Waals surface area (Å²) >= 11 is 0. The molecule has 3 rings (SSSR count). The Kier molecular flexibility index (Phi) is 4.07. The van der Waals surface area contributed by atoms with Crippen molar-refractivity contribution in [3.63, 3.8) is 0 Å². The molecule has 25 heavy (non-hydrogen) atoms. The monoisotopic (exact) mass is 362 g/mol. The Hall–Kier alpha value is -2.41. The summed E-state index contributed by atoms with van der Waals surface area (Å²) in [5.41, 5.74) is 0.894. The van der Waals surface area contributed by atoms with Crippen molar-refractivity contribution in [3.8, 4) is 0 Å². The Labute approximate surface area is 146 Å². The van der Waals surface area contributed by atoms with E-state index in [-0.39, 0.29) is 28.2 Å². The molecule has 0 aromatic heterocycles. The lowest BCUT2D eigenvalue weighted by molar-refractivity contribution is -0.115. The zero-order valence-electron chi connectivity index (χ0n) is 14.2. The van der Waals surface area contributed by atoms with Gasteiger partial charge in [-0.3, -0.25) is 9.10 Å². The van der Waals surface area contributed by atoms with Gasteiger partial charge in [-0.1, -0.05) is 39.0 Å². The number of nitrogens with one attached hydrogen (secondary N) is 1. The van der Waals surface area contributed by atoms with Crippen LogP contribution in [0.5, 0.6) is 0 Å². The van der Waals surface area contributed by atoms with Crippen LogP contribution in [0.3, 0.4) is 0 Å². The van der Waals surface area contributed by atoms with Gasteiger partial charge in [-0.15, -0.1) is 0 Å². The maximum Gasteiger partial charge on any atom is 0.264 e. The standard InChI is InChI=1S/C18H19FN2O3S/c1-18(2,3)12-7-9-13(10-8-12)25(23,24)21-11-16(22)20-17-14(19)5-4-6-15(17)21/h4-10H,11H2,1-3H3,(H,20,22). The fraction of sp³-hybridized carbons (Fsp3) is 0.278. The number of halogens is 1. The fourth-order valence-electron chi connectivity index (χ4n) is 2.71. The predicted molar refractivity (Wildman–Crippen MR) is 94.7 cm³/mol. The van der Waals surface area contributed by atoms with Crippen LogP contribution in [0, 0.1) is 5.82 Å². The number of hydrogen-bond donors (Lipinski definition) is 1. The van der Waals surface area contributed by atoms with E-state index in [0.717, 1.165) is 9.87 Å². The van der Waals surface area contributed by atoms with Gasteiger partial charge in [0.1, 0.15) is 18.0 Å². The topological polar surface area (TPSA) is 66.5 Å². The molecule has 7 heteroatoms. The van der Waals surface area contributed by atoms with Crippen molar-refractivity contribution in [2.45, 2.75) is 31.1 Å². The van der Waals surface area contributed by atoms with Crippen molar-refractivity contribution >= 4 is 27.3 Å². The minimum Gasteiger partial charge on any atom is -0.320 e. The van der Waals surface area contributed by atoms with Crippen LogP contribution in [0.1, 0.15) is 26.3 Å². The largest absolute Gasteiger partial charge is 0.320 e. The highest BCUT2D eigenvalue weighted by atomic mass is 32.2. The number of hydrogen-bond acceptors (Lipinski definition) is 3. The quantitative estimate of drug-likeness (QED) is 0.892. The second-order valence-corrected chi connectivity index (χ2v) is 8.83. The van der Waals surface area contributed by atoms with E-state index in [2.05, 4.69) is 5.32 Å². The van der Waals surface area contributed by atoms with E-state index >= 15 is 0 Å². The number of nitrogens with zero attached hydrogens (tertiary/aromatic N) is 1. The summed E-state index contributed by atoms with van der Waals surface area (Å²) in [6, 6.07) is 10.6. The Morgan fingerprint density at radius 2 is 1.72 bits per heavy atom. The number of para-hydroxylation sites is 1. The van der Waals surface area contributed by atoms with Crippen molar-refractivity contribution < 1.29 is 17.6 Å². The van der Waals surface area contributed by atoms with E-state index in [0.29, 0.717) is 0 Å². The molecular weight excluding hydrogens is 343 g/mol. The number of fused-ring (bicyclic) bond motifs is 1. The van der Waals surface area contributed by atoms with Crippen LogP contribution in [0.4, 0.5) is 15.8 Å². The summed E-state index contributed by atoms with van der Waals surface area (Å²) in [5, 5.41) is 2.39. The second kappa shape index (κ2) is 5.84. The van der Waals surface area contributed by atoms with Gasteiger partial charge in [-0.2, -0.15) is 0 Å². The molecule has 1 heterocycles. The summed E-state index contributed by atoms with van der Waals surface area (Å²) in [7, 11) is -3.98. The van der Waals surface area contributed by atoms with Gasteiger partial charge in [0.2, 0.25) is 5.91 Å². The predicted octanol–water partition coefficient (Wildman–Crippen LogP) is 3.27. The molecule has 5 nitrogen and oxygen atoms in total. The molecule has 132 valence electrons. The number of amides is 1. The molecule has 0 aliphatic carbocycles. The van der Waals surface area contributed by atoms with E-state index in [1.165, 1.54) is 30.3 Å². The molecule has 0 atom stereocenters. The lowest BCUT2D eigenvalue weighted by atomic mass is 9.87. The van der Waals surface area contributed by atoms with Crippen molar-refractivity contribution in [1.29, 1.82) is 0 Å². The SMILES string of the molecule is CC(C)(C)c1ccc(S(=O)(=O)N2CC(=O)Nc3c(F)cccc32)cc1. The van der Waals surface area contributed by atoms with E-state index in [1.54, 1.807) is 12.1 Å². The van der Waals surface area contributed by atoms with Gasteiger partial charge in [-0.25, -0.2) is 12.8 Å². The van der Waals surface area contributed by atoms with Crippen LogP contribution in [0.25, 0.3) is 0 Å². The van der Waals surface area contributed by atoms with Crippen LogP contribution >= 0.6 is 0 Å². The molecule has 0 spiro atoms. The molecule has 0 saturated carbocycles. The number of sulfonamides is 1. The minimum absolute atomic E-state index is 0.0606. The van der Waals surface area contributed by atoms with Crippen molar-refractivity contribution in [1.82, 2.24) is 0 Å². The van der Waals surface area contributed by atoms with Crippen LogP contribution < -0.4 is 9.62 Å². The van der Waals surface area contributed by atoms with Crippen LogP contribution in [-0.2, 0) is 20.2 Å². The van der Waals surface area contributed by atoms with E-state index < -0.39 is 21.7 Å². The van der Waals surface area contributed by atoms with Gasteiger partial charge in [0.05, 0.1) is 10.6 Å². The third-order valence-corrected chi connectivity index (χ3v) is 5.89. The van der Waals surface area contributed by atoms with E-state index in [9.17, 15) is 17.6 Å². The molecule has 0 bridgehead atoms. The molecular formula is C18H19FN2O3S. The number of benzene rings is 2. The average molecular weight is 362 g/mol. The summed E-state index contributed by atoms with van der Waals surface area (Å²) in [4.78, 5) is 11.9. The van der Waals surface area contributed by atoms with Gasteiger partial charge < -0.3 is 5.32 Å². The number of rotatable bonds is 2. The van der Waals surface area contributed by atoms with Gasteiger partial charge in [0.15, 0.2) is 0 Å². The smallest absolute Gasteiger partial charge is 0.264 e. The molecule has 1 aliphatic heterocycles. The Bertz CT molecular complexity index is 932. The first-order chi connectivity index (χ1) is 11.6. The highest BCUT2D eigenvalue weighted by Crippen LogP contribution is 2.35. The highest BCUT2D eigenvalue weighted by Gasteiger charge is 2.33. The molecule has 0 radical (unpaired) electrons. The first kappa shape index (κ1) is 17.4. The molecule has 2 aromatic carbocycles. The van der Waals surface area contributed by atoms with Crippen molar-refractivity contribution in [2.75, 3.05) is 16.2 Å². The maximum atomic E-state index is 14.0. The lowest BCUT2D eigenvalue weighted by Crippen LogP contribution is -2.42. The third-order valence-electron chi connectivity index (χ3n) is 4.12. The number of carbonyl (C=O) groups excluding carboxylic acids is 1. The average Bonchev–Trinajstić information content (AvgIpc) is 2.54. The molecule has 1 amide bonds. The number of anilines is 2. The molecule has 2 aromatic rings. The maximum absolute atomic E-state index is 14.0. The first-order valence-electron chi connectivity index (χ1n) is 7.82. The molecule has 0 unspecified atom stereocenters. The van der Waals surface area contributed by atoms with E-state index in [4.69, 9.17) is 0 Å². The van der Waals surface area contributed by atoms with Crippen LogP contribution in [-0.4, -0.2) is 20.9 Å². The zero-order chi connectivity index (χ0) is 18.4. The summed E-state index contributed by atoms with van der Waals surface area (Å²) < 4.78 is 40.9. The Morgan fingerprint density at radius 1 is 1.08 bits per heavy atom. The Morgan fingerprint density at radius 3 is 2.32 bits per heavy atom. The van der Waals surface area contributed by atoms with Gasteiger partial charge in [0.25, 0.3) is 10.0 Å². The molecule has 1 N–H and O–H groups in total. The van der Waals surface area contributed by atoms with E-state index in [1.807, 2.05) is 20.8 Å². The summed E-state index contributed by atoms with van der Waals surface area (Å²) in [5.74, 6) is -1.25. The molecule has 1 aliphatic rings. The molecule has 0 saturated heterocycles. The summed E-state index contributed by atoms with van der Waals surface area (Å²) in [6.07, 6.45) is 0.